The molecule has 1 rings (SSSR count). The number of halogens is 4. The molecule has 0 spiro atoms. The third-order valence-electron chi connectivity index (χ3n) is 1.70. The molecule has 0 fully saturated rings. The van der Waals surface area contributed by atoms with Gasteiger partial charge in [0, 0.05) is 16.6 Å². The molecule has 0 aromatic carbocycles. The summed E-state index contributed by atoms with van der Waals surface area (Å²) in [6, 6.07) is 1.26. The van der Waals surface area contributed by atoms with Crippen LogP contribution in [0, 0.1) is 0 Å². The Kier molecular flexibility index (Phi) is 3.56. The van der Waals surface area contributed by atoms with Gasteiger partial charge in [0.25, 0.3) is 0 Å². The molecule has 0 aliphatic rings. The zero-order valence-electron chi connectivity index (χ0n) is 7.73. The van der Waals surface area contributed by atoms with E-state index in [1.54, 1.807) is 0 Å². The number of nitrogens with two attached hydrogens (primary N) is 1. The number of hydrogen-bond donors (Lipinski definition) is 1. The Hall–Kier alpha value is -0.820. The fraction of sp³-hybridized carbons (Fsp3) is 0.375. The van der Waals surface area contributed by atoms with Crippen LogP contribution in [0.15, 0.2) is 10.5 Å². The standard InChI is InChI=1S/C8H8BrF3N2O/c1-15-7-4(3-13)2-5(9)6(14-7)8(10,11)12/h2H,3,13H2,1H3. The molecule has 0 unspecified atom stereocenters. The molecule has 0 aliphatic heterocycles. The molecule has 1 aromatic rings. The third kappa shape index (κ3) is 2.60. The van der Waals surface area contributed by atoms with Gasteiger partial charge in [0.1, 0.15) is 0 Å². The minimum absolute atomic E-state index is 0.0624. The van der Waals surface area contributed by atoms with Crippen molar-refractivity contribution in [2.75, 3.05) is 7.11 Å². The molecule has 15 heavy (non-hydrogen) atoms. The highest BCUT2D eigenvalue weighted by atomic mass is 79.9. The predicted molar refractivity (Wildman–Crippen MR) is 51.4 cm³/mol. The Labute approximate surface area is 92.6 Å². The Balaban J connectivity index is 3.32. The molecule has 1 heterocycles. The summed E-state index contributed by atoms with van der Waals surface area (Å²) in [7, 11) is 1.25. The lowest BCUT2D eigenvalue weighted by molar-refractivity contribution is -0.142. The summed E-state index contributed by atoms with van der Waals surface area (Å²) in [5, 5.41) is 0. The number of rotatable bonds is 2. The van der Waals surface area contributed by atoms with Crippen LogP contribution in [0.2, 0.25) is 0 Å². The summed E-state index contributed by atoms with van der Waals surface area (Å²) < 4.78 is 41.8. The molecular formula is C8H8BrF3N2O. The normalized spacial score (nSPS) is 11.6. The number of alkyl halides is 3. The van der Waals surface area contributed by atoms with E-state index in [2.05, 4.69) is 20.9 Å². The van der Waals surface area contributed by atoms with Gasteiger partial charge < -0.3 is 10.5 Å². The lowest BCUT2D eigenvalue weighted by Gasteiger charge is -2.12. The lowest BCUT2D eigenvalue weighted by atomic mass is 10.2. The number of aromatic nitrogens is 1. The van der Waals surface area contributed by atoms with Crippen molar-refractivity contribution in [2.24, 2.45) is 5.73 Å². The van der Waals surface area contributed by atoms with E-state index in [0.717, 1.165) is 0 Å². The Morgan fingerprint density at radius 2 is 2.13 bits per heavy atom. The first-order valence-corrected chi connectivity index (χ1v) is 4.70. The predicted octanol–water partition coefficient (Wildman–Crippen LogP) is 2.33. The van der Waals surface area contributed by atoms with E-state index >= 15 is 0 Å². The first-order valence-electron chi connectivity index (χ1n) is 3.90. The van der Waals surface area contributed by atoms with Crippen molar-refractivity contribution in [2.45, 2.75) is 12.7 Å². The van der Waals surface area contributed by atoms with E-state index in [1.807, 2.05) is 0 Å². The summed E-state index contributed by atoms with van der Waals surface area (Å²) in [6.45, 7) is 0.0624. The second-order valence-electron chi connectivity index (χ2n) is 2.69. The molecule has 0 atom stereocenters. The maximum Gasteiger partial charge on any atom is 0.434 e. The fourth-order valence-corrected chi connectivity index (χ4v) is 1.62. The van der Waals surface area contributed by atoms with Gasteiger partial charge in [-0.3, -0.25) is 0 Å². The Bertz CT molecular complexity index is 368. The van der Waals surface area contributed by atoms with Gasteiger partial charge in [-0.2, -0.15) is 13.2 Å². The van der Waals surface area contributed by atoms with Gasteiger partial charge >= 0.3 is 6.18 Å². The van der Waals surface area contributed by atoms with Crippen molar-refractivity contribution in [1.29, 1.82) is 0 Å². The second-order valence-corrected chi connectivity index (χ2v) is 3.54. The molecule has 84 valence electrons. The first kappa shape index (κ1) is 12.3. The number of methoxy groups -OCH3 is 1. The SMILES string of the molecule is COc1nc(C(F)(F)F)c(Br)cc1CN. The molecule has 0 saturated carbocycles. The van der Waals surface area contributed by atoms with Crippen molar-refractivity contribution in [3.05, 3.63) is 21.8 Å². The van der Waals surface area contributed by atoms with Gasteiger partial charge in [0.15, 0.2) is 5.69 Å². The average Bonchev–Trinajstić information content (AvgIpc) is 2.15. The summed E-state index contributed by atoms with van der Waals surface area (Å²) in [4.78, 5) is 3.36. The molecule has 0 saturated heterocycles. The van der Waals surface area contributed by atoms with Crippen LogP contribution in [0.25, 0.3) is 0 Å². The highest BCUT2D eigenvalue weighted by Gasteiger charge is 2.36. The summed E-state index contributed by atoms with van der Waals surface area (Å²) in [6.07, 6.45) is -4.51. The minimum Gasteiger partial charge on any atom is -0.481 e. The average molecular weight is 285 g/mol. The molecule has 2 N–H and O–H groups in total. The third-order valence-corrected chi connectivity index (χ3v) is 2.30. The zero-order valence-corrected chi connectivity index (χ0v) is 9.32. The largest absolute Gasteiger partial charge is 0.481 e. The molecule has 0 aliphatic carbocycles. The van der Waals surface area contributed by atoms with E-state index < -0.39 is 11.9 Å². The van der Waals surface area contributed by atoms with Crippen molar-refractivity contribution in [3.63, 3.8) is 0 Å². The van der Waals surface area contributed by atoms with Crippen molar-refractivity contribution in [1.82, 2.24) is 4.98 Å². The first-order chi connectivity index (χ1) is 6.90. The van der Waals surface area contributed by atoms with Gasteiger partial charge in [-0.25, -0.2) is 4.98 Å². The van der Waals surface area contributed by atoms with Gasteiger partial charge in [-0.05, 0) is 22.0 Å². The Morgan fingerprint density at radius 3 is 2.53 bits per heavy atom. The van der Waals surface area contributed by atoms with E-state index in [9.17, 15) is 13.2 Å². The van der Waals surface area contributed by atoms with Crippen molar-refractivity contribution in [3.8, 4) is 5.88 Å². The van der Waals surface area contributed by atoms with Crippen LogP contribution in [0.3, 0.4) is 0 Å². The number of nitrogens with zero attached hydrogens (tertiary/aromatic N) is 1. The van der Waals surface area contributed by atoms with Gasteiger partial charge in [0.05, 0.1) is 7.11 Å². The number of pyridine rings is 1. The summed E-state index contributed by atoms with van der Waals surface area (Å²) >= 11 is 2.79. The van der Waals surface area contributed by atoms with Crippen LogP contribution in [-0.2, 0) is 12.7 Å². The van der Waals surface area contributed by atoms with E-state index in [4.69, 9.17) is 10.5 Å². The van der Waals surface area contributed by atoms with Gasteiger partial charge in [-0.1, -0.05) is 0 Å². The molecule has 0 amide bonds. The molecule has 0 radical (unpaired) electrons. The van der Waals surface area contributed by atoms with Crippen LogP contribution >= 0.6 is 15.9 Å². The van der Waals surface area contributed by atoms with Crippen molar-refractivity contribution < 1.29 is 17.9 Å². The van der Waals surface area contributed by atoms with Gasteiger partial charge in [-0.15, -0.1) is 0 Å². The smallest absolute Gasteiger partial charge is 0.434 e. The van der Waals surface area contributed by atoms with Crippen LogP contribution in [0.5, 0.6) is 5.88 Å². The highest BCUT2D eigenvalue weighted by Crippen LogP contribution is 2.35. The summed E-state index contributed by atoms with van der Waals surface area (Å²) in [5.74, 6) is -0.104. The second kappa shape index (κ2) is 4.36. The molecule has 1 aromatic heterocycles. The zero-order chi connectivity index (χ0) is 11.6. The van der Waals surface area contributed by atoms with Crippen LogP contribution in [0.1, 0.15) is 11.3 Å². The van der Waals surface area contributed by atoms with Crippen LogP contribution in [-0.4, -0.2) is 12.1 Å². The van der Waals surface area contributed by atoms with E-state index in [-0.39, 0.29) is 16.9 Å². The topological polar surface area (TPSA) is 48.1 Å². The number of hydrogen-bond acceptors (Lipinski definition) is 3. The minimum atomic E-state index is -4.51. The highest BCUT2D eigenvalue weighted by molar-refractivity contribution is 9.10. The van der Waals surface area contributed by atoms with E-state index in [1.165, 1.54) is 13.2 Å². The number of ether oxygens (including phenoxy) is 1. The molecule has 3 nitrogen and oxygen atoms in total. The van der Waals surface area contributed by atoms with Crippen LogP contribution in [0.4, 0.5) is 13.2 Å². The molecular weight excluding hydrogens is 277 g/mol. The van der Waals surface area contributed by atoms with E-state index in [0.29, 0.717) is 5.56 Å². The lowest BCUT2D eigenvalue weighted by Crippen LogP contribution is -2.12. The quantitative estimate of drug-likeness (QED) is 0.907. The Morgan fingerprint density at radius 1 is 1.53 bits per heavy atom. The van der Waals surface area contributed by atoms with Crippen LogP contribution < -0.4 is 10.5 Å². The summed E-state index contributed by atoms with van der Waals surface area (Å²) in [5.41, 5.74) is 4.73. The maximum absolute atomic E-state index is 12.4. The monoisotopic (exact) mass is 284 g/mol. The van der Waals surface area contributed by atoms with Gasteiger partial charge in [0.2, 0.25) is 5.88 Å². The maximum atomic E-state index is 12.4. The molecule has 7 heteroatoms. The molecule has 0 bridgehead atoms. The van der Waals surface area contributed by atoms with Crippen molar-refractivity contribution >= 4 is 15.9 Å². The fourth-order valence-electron chi connectivity index (χ4n) is 1.03.